The smallest absolute Gasteiger partial charge is 0.315 e. The molecule has 2 N–H and O–H groups in total. The third kappa shape index (κ3) is 2.96. The number of carbonyl (C=O) groups is 1. The van der Waals surface area contributed by atoms with Gasteiger partial charge in [-0.15, -0.1) is 0 Å². The van der Waals surface area contributed by atoms with Crippen molar-refractivity contribution in [2.24, 2.45) is 5.41 Å². The van der Waals surface area contributed by atoms with E-state index in [9.17, 15) is 4.79 Å². The summed E-state index contributed by atoms with van der Waals surface area (Å²) in [5.74, 6) is -0.280. The second kappa shape index (κ2) is 6.79. The van der Waals surface area contributed by atoms with E-state index >= 15 is 0 Å². The maximum absolute atomic E-state index is 11.4. The van der Waals surface area contributed by atoms with Crippen molar-refractivity contribution in [1.82, 2.24) is 5.32 Å². The molecule has 1 unspecified atom stereocenters. The summed E-state index contributed by atoms with van der Waals surface area (Å²) in [7, 11) is 0. The molecular formula is C10H21NO3. The van der Waals surface area contributed by atoms with Crippen LogP contribution >= 0.6 is 0 Å². The molecule has 14 heavy (non-hydrogen) atoms. The van der Waals surface area contributed by atoms with Gasteiger partial charge < -0.3 is 15.2 Å². The molecule has 4 heteroatoms. The van der Waals surface area contributed by atoms with E-state index in [4.69, 9.17) is 9.84 Å². The van der Waals surface area contributed by atoms with Crippen molar-refractivity contribution in [3.8, 4) is 0 Å². The summed E-state index contributed by atoms with van der Waals surface area (Å²) < 4.78 is 4.88. The molecule has 1 heterocycles. The van der Waals surface area contributed by atoms with Crippen molar-refractivity contribution < 1.29 is 14.6 Å². The van der Waals surface area contributed by atoms with Crippen LogP contribution in [0.5, 0.6) is 0 Å². The van der Waals surface area contributed by atoms with Gasteiger partial charge in [0.15, 0.2) is 0 Å². The van der Waals surface area contributed by atoms with Crippen LogP contribution in [0.4, 0.5) is 0 Å². The lowest BCUT2D eigenvalue weighted by Crippen LogP contribution is -2.38. The zero-order chi connectivity index (χ0) is 11.0. The third-order valence-electron chi connectivity index (χ3n) is 2.25. The lowest BCUT2D eigenvalue weighted by molar-refractivity contribution is -0.156. The topological polar surface area (TPSA) is 58.6 Å². The van der Waals surface area contributed by atoms with Crippen LogP contribution < -0.4 is 5.32 Å². The zero-order valence-electron chi connectivity index (χ0n) is 9.30. The summed E-state index contributed by atoms with van der Waals surface area (Å²) in [6.07, 6.45) is 0.669. The highest BCUT2D eigenvalue weighted by Crippen LogP contribution is 2.26. The highest BCUT2D eigenvalue weighted by atomic mass is 16.5. The molecule has 1 aliphatic heterocycles. The summed E-state index contributed by atoms with van der Waals surface area (Å²) in [5.41, 5.74) is -0.671. The number of nitrogens with one attached hydrogen (secondary N) is 1. The number of aliphatic hydroxyl groups is 1. The summed E-state index contributed by atoms with van der Waals surface area (Å²) in [6.45, 7) is 7.33. The number of esters is 1. The lowest BCUT2D eigenvalue weighted by Gasteiger charge is -2.22. The number of ether oxygens (including phenoxy) is 1. The Morgan fingerprint density at radius 1 is 1.57 bits per heavy atom. The van der Waals surface area contributed by atoms with Crippen molar-refractivity contribution in [3.05, 3.63) is 0 Å². The minimum absolute atomic E-state index is 0.126. The van der Waals surface area contributed by atoms with Crippen LogP contribution in [-0.4, -0.2) is 37.4 Å². The van der Waals surface area contributed by atoms with E-state index < -0.39 is 5.41 Å². The fourth-order valence-electron chi connectivity index (χ4n) is 1.40. The first-order valence-electron chi connectivity index (χ1n) is 5.24. The highest BCUT2D eigenvalue weighted by Gasteiger charge is 2.41. The average Bonchev–Trinajstić information content (AvgIpc) is 2.71. The van der Waals surface area contributed by atoms with Crippen LogP contribution in [0.3, 0.4) is 0 Å². The summed E-state index contributed by atoms with van der Waals surface area (Å²) in [5, 5.41) is 12.1. The van der Waals surface area contributed by atoms with Gasteiger partial charge in [0.1, 0.15) is 5.41 Å². The predicted molar refractivity (Wildman–Crippen MR) is 55.0 cm³/mol. The van der Waals surface area contributed by atoms with Crippen LogP contribution in [0.25, 0.3) is 0 Å². The molecule has 0 aliphatic carbocycles. The van der Waals surface area contributed by atoms with Crippen molar-refractivity contribution in [2.45, 2.75) is 27.2 Å². The Kier molecular flexibility index (Phi) is 6.49. The molecule has 1 aliphatic rings. The van der Waals surface area contributed by atoms with Crippen LogP contribution in [0.2, 0.25) is 0 Å². The molecule has 1 rings (SSSR count). The van der Waals surface area contributed by atoms with Gasteiger partial charge in [-0.2, -0.15) is 0 Å². The van der Waals surface area contributed by atoms with Gasteiger partial charge in [-0.25, -0.2) is 0 Å². The van der Waals surface area contributed by atoms with Crippen molar-refractivity contribution in [1.29, 1.82) is 0 Å². The summed E-state index contributed by atoms with van der Waals surface area (Å²) >= 11 is 0. The van der Waals surface area contributed by atoms with Crippen LogP contribution in [0.1, 0.15) is 27.2 Å². The first-order valence-corrected chi connectivity index (χ1v) is 5.24. The Bertz CT molecular complexity index is 165. The number of aliphatic hydroxyl groups excluding tert-OH is 1. The van der Waals surface area contributed by atoms with Gasteiger partial charge in [0, 0.05) is 6.54 Å². The van der Waals surface area contributed by atoms with E-state index in [1.54, 1.807) is 6.92 Å². The molecule has 0 bridgehead atoms. The van der Waals surface area contributed by atoms with E-state index in [0.717, 1.165) is 6.54 Å². The molecule has 1 fully saturated rings. The van der Waals surface area contributed by atoms with Gasteiger partial charge in [-0.05, 0) is 19.9 Å². The molecule has 4 nitrogen and oxygen atoms in total. The lowest BCUT2D eigenvalue weighted by atomic mass is 9.88. The van der Waals surface area contributed by atoms with Crippen LogP contribution in [0, 0.1) is 5.41 Å². The first-order chi connectivity index (χ1) is 6.75. The highest BCUT2D eigenvalue weighted by molar-refractivity contribution is 5.77. The number of hydrogen-bond donors (Lipinski definition) is 2. The van der Waals surface area contributed by atoms with E-state index in [2.05, 4.69) is 5.32 Å². The first kappa shape index (κ1) is 13.4. The number of rotatable bonds is 3. The molecule has 1 atom stereocenters. The van der Waals surface area contributed by atoms with Gasteiger partial charge in [-0.3, -0.25) is 4.79 Å². The van der Waals surface area contributed by atoms with Crippen LogP contribution in [-0.2, 0) is 9.53 Å². The Hall–Kier alpha value is -0.610. The maximum atomic E-state index is 11.4. The predicted octanol–water partition coefficient (Wildman–Crippen LogP) is 0.548. The third-order valence-corrected chi connectivity index (χ3v) is 2.25. The normalized spacial score (nSPS) is 25.1. The fraction of sp³-hybridized carbons (Fsp3) is 0.900. The fourth-order valence-corrected chi connectivity index (χ4v) is 1.40. The zero-order valence-corrected chi connectivity index (χ0v) is 9.30. The van der Waals surface area contributed by atoms with E-state index in [-0.39, 0.29) is 12.6 Å². The summed E-state index contributed by atoms with van der Waals surface area (Å²) in [4.78, 5) is 11.4. The minimum atomic E-state index is -0.671. The monoisotopic (exact) mass is 203 g/mol. The standard InChI is InChI=1S/C8H15NO3.C2H6/c1-2-12-7(11)8(6-10)3-4-9-5-8;1-2/h9-10H,2-6H2,1H3;1-2H3. The molecule has 0 amide bonds. The van der Waals surface area contributed by atoms with Gasteiger partial charge in [0.2, 0.25) is 0 Å². The summed E-state index contributed by atoms with van der Waals surface area (Å²) in [6, 6.07) is 0. The molecule has 1 saturated heterocycles. The Labute approximate surface area is 85.6 Å². The molecule has 0 aromatic rings. The molecule has 0 radical (unpaired) electrons. The quantitative estimate of drug-likeness (QED) is 0.658. The van der Waals surface area contributed by atoms with E-state index in [1.807, 2.05) is 13.8 Å². The van der Waals surface area contributed by atoms with Crippen LogP contribution in [0.15, 0.2) is 0 Å². The van der Waals surface area contributed by atoms with Crippen molar-refractivity contribution in [3.63, 3.8) is 0 Å². The molecule has 0 spiro atoms. The average molecular weight is 203 g/mol. The van der Waals surface area contributed by atoms with Gasteiger partial charge in [0.25, 0.3) is 0 Å². The second-order valence-electron chi connectivity index (χ2n) is 3.09. The van der Waals surface area contributed by atoms with E-state index in [0.29, 0.717) is 19.6 Å². The Morgan fingerprint density at radius 3 is 2.57 bits per heavy atom. The van der Waals surface area contributed by atoms with Gasteiger partial charge in [0.05, 0.1) is 13.2 Å². The Morgan fingerprint density at radius 2 is 2.21 bits per heavy atom. The largest absolute Gasteiger partial charge is 0.465 e. The molecule has 84 valence electrons. The minimum Gasteiger partial charge on any atom is -0.465 e. The Balaban J connectivity index is 0.000000791. The number of carbonyl (C=O) groups excluding carboxylic acids is 1. The molecular weight excluding hydrogens is 182 g/mol. The second-order valence-corrected chi connectivity index (χ2v) is 3.09. The molecule has 0 saturated carbocycles. The molecule has 0 aromatic carbocycles. The van der Waals surface area contributed by atoms with Crippen molar-refractivity contribution in [2.75, 3.05) is 26.3 Å². The van der Waals surface area contributed by atoms with Crippen molar-refractivity contribution >= 4 is 5.97 Å². The van der Waals surface area contributed by atoms with Gasteiger partial charge in [-0.1, -0.05) is 13.8 Å². The number of hydrogen-bond acceptors (Lipinski definition) is 4. The molecule has 0 aromatic heterocycles. The van der Waals surface area contributed by atoms with Gasteiger partial charge >= 0.3 is 5.97 Å². The SMILES string of the molecule is CC.CCOC(=O)C1(CO)CCNC1. The maximum Gasteiger partial charge on any atom is 0.315 e. The van der Waals surface area contributed by atoms with E-state index in [1.165, 1.54) is 0 Å².